The molecule has 32 heavy (non-hydrogen) atoms. The molecule has 0 saturated carbocycles. The second kappa shape index (κ2) is 10.2. The fraction of sp³-hybridized carbons (Fsp3) is 0.182. The van der Waals surface area contributed by atoms with Crippen molar-refractivity contribution in [2.75, 3.05) is 18.0 Å². The van der Waals surface area contributed by atoms with Crippen molar-refractivity contribution in [2.24, 2.45) is 5.10 Å². The minimum Gasteiger partial charge on any atom is -0.495 e. The molecule has 10 heteroatoms. The Labute approximate surface area is 196 Å². The van der Waals surface area contributed by atoms with Gasteiger partial charge >= 0.3 is 0 Å². The number of carbonyl (C=O) groups excluding carboxylic acids is 1. The van der Waals surface area contributed by atoms with E-state index >= 15 is 0 Å². The SMILES string of the molecule is COc1ccc(Cl)cc1N(CC(=O)N/N=C\c1sccc1C)S(=O)(=O)c1ccc(C)cc1. The molecule has 0 spiro atoms. The zero-order chi connectivity index (χ0) is 23.3. The molecule has 0 aliphatic heterocycles. The van der Waals surface area contributed by atoms with Crippen LogP contribution in [0.15, 0.2) is 63.9 Å². The first-order valence-corrected chi connectivity index (χ1v) is 12.2. The first kappa shape index (κ1) is 23.8. The van der Waals surface area contributed by atoms with Gasteiger partial charge in [-0.15, -0.1) is 11.3 Å². The maximum atomic E-state index is 13.5. The van der Waals surface area contributed by atoms with Gasteiger partial charge in [0.15, 0.2) is 0 Å². The van der Waals surface area contributed by atoms with E-state index in [0.717, 1.165) is 20.3 Å². The Morgan fingerprint density at radius 1 is 1.19 bits per heavy atom. The molecule has 3 aromatic rings. The number of ether oxygens (including phenoxy) is 1. The number of hydrogen-bond acceptors (Lipinski definition) is 6. The lowest BCUT2D eigenvalue weighted by atomic mass is 10.2. The molecule has 0 aliphatic rings. The van der Waals surface area contributed by atoms with Gasteiger partial charge < -0.3 is 4.74 Å². The van der Waals surface area contributed by atoms with Crippen LogP contribution in [0.25, 0.3) is 0 Å². The van der Waals surface area contributed by atoms with Gasteiger partial charge in [-0.3, -0.25) is 9.10 Å². The quantitative estimate of drug-likeness (QED) is 0.374. The average Bonchev–Trinajstić information content (AvgIpc) is 3.17. The molecule has 7 nitrogen and oxygen atoms in total. The number of methoxy groups -OCH3 is 1. The predicted octanol–water partition coefficient (Wildman–Crippen LogP) is 4.37. The fourth-order valence-corrected chi connectivity index (χ4v) is 5.22. The molecule has 2 aromatic carbocycles. The number of anilines is 1. The highest BCUT2D eigenvalue weighted by atomic mass is 35.5. The first-order valence-electron chi connectivity index (χ1n) is 9.51. The topological polar surface area (TPSA) is 88.1 Å². The average molecular weight is 492 g/mol. The Morgan fingerprint density at radius 3 is 2.53 bits per heavy atom. The van der Waals surface area contributed by atoms with Crippen LogP contribution in [0, 0.1) is 13.8 Å². The summed E-state index contributed by atoms with van der Waals surface area (Å²) >= 11 is 7.61. The molecule has 0 saturated heterocycles. The fourth-order valence-electron chi connectivity index (χ4n) is 2.84. The number of benzene rings is 2. The molecule has 1 aromatic heterocycles. The van der Waals surface area contributed by atoms with Gasteiger partial charge in [0.05, 0.1) is 23.9 Å². The maximum absolute atomic E-state index is 13.5. The van der Waals surface area contributed by atoms with Crippen molar-refractivity contribution < 1.29 is 17.9 Å². The smallest absolute Gasteiger partial charge is 0.264 e. The van der Waals surface area contributed by atoms with Gasteiger partial charge in [-0.05, 0) is 61.2 Å². The maximum Gasteiger partial charge on any atom is 0.264 e. The molecule has 3 rings (SSSR count). The number of hydrogen-bond donors (Lipinski definition) is 1. The number of carbonyl (C=O) groups is 1. The molecule has 168 valence electrons. The predicted molar refractivity (Wildman–Crippen MR) is 129 cm³/mol. The molecular weight excluding hydrogens is 470 g/mol. The van der Waals surface area contributed by atoms with Crippen molar-refractivity contribution in [1.29, 1.82) is 0 Å². The van der Waals surface area contributed by atoms with E-state index in [1.54, 1.807) is 24.3 Å². The van der Waals surface area contributed by atoms with Crippen LogP contribution in [0.5, 0.6) is 5.75 Å². The zero-order valence-electron chi connectivity index (χ0n) is 17.7. The van der Waals surface area contributed by atoms with Crippen LogP contribution >= 0.6 is 22.9 Å². The summed E-state index contributed by atoms with van der Waals surface area (Å²) in [5.74, 6) is -0.358. The van der Waals surface area contributed by atoms with E-state index < -0.39 is 22.5 Å². The minimum atomic E-state index is -4.11. The number of sulfonamides is 1. The lowest BCUT2D eigenvalue weighted by molar-refractivity contribution is -0.119. The van der Waals surface area contributed by atoms with Gasteiger partial charge in [0.25, 0.3) is 15.9 Å². The van der Waals surface area contributed by atoms with E-state index in [1.165, 1.54) is 42.9 Å². The number of thiophene rings is 1. The van der Waals surface area contributed by atoms with Crippen molar-refractivity contribution in [3.05, 3.63) is 74.9 Å². The highest BCUT2D eigenvalue weighted by Gasteiger charge is 2.29. The largest absolute Gasteiger partial charge is 0.495 e. The van der Waals surface area contributed by atoms with E-state index in [-0.39, 0.29) is 16.3 Å². The second-order valence-corrected chi connectivity index (χ2v) is 10.1. The Hall–Kier alpha value is -2.88. The highest BCUT2D eigenvalue weighted by Crippen LogP contribution is 2.34. The zero-order valence-corrected chi connectivity index (χ0v) is 20.1. The summed E-state index contributed by atoms with van der Waals surface area (Å²) in [6.07, 6.45) is 1.52. The number of amides is 1. The third-order valence-corrected chi connectivity index (χ3v) is 7.54. The van der Waals surface area contributed by atoms with E-state index in [1.807, 2.05) is 25.3 Å². The van der Waals surface area contributed by atoms with E-state index in [4.69, 9.17) is 16.3 Å². The first-order chi connectivity index (χ1) is 15.2. The Morgan fingerprint density at radius 2 is 1.91 bits per heavy atom. The summed E-state index contributed by atoms with van der Waals surface area (Å²) in [7, 11) is -2.69. The number of nitrogens with zero attached hydrogens (tertiary/aromatic N) is 2. The van der Waals surface area contributed by atoms with Crippen molar-refractivity contribution in [3.8, 4) is 5.75 Å². The van der Waals surface area contributed by atoms with Gasteiger partial charge in [0.1, 0.15) is 12.3 Å². The molecule has 1 heterocycles. The lowest BCUT2D eigenvalue weighted by Crippen LogP contribution is -2.39. The van der Waals surface area contributed by atoms with Crippen LogP contribution in [-0.4, -0.2) is 34.2 Å². The number of halogens is 1. The van der Waals surface area contributed by atoms with E-state index in [2.05, 4.69) is 10.5 Å². The molecule has 0 fully saturated rings. The van der Waals surface area contributed by atoms with Crippen LogP contribution < -0.4 is 14.5 Å². The monoisotopic (exact) mass is 491 g/mol. The van der Waals surface area contributed by atoms with Crippen LogP contribution in [-0.2, 0) is 14.8 Å². The molecule has 0 radical (unpaired) electrons. The number of rotatable bonds is 8. The summed E-state index contributed by atoms with van der Waals surface area (Å²) in [5.41, 5.74) is 4.47. The summed E-state index contributed by atoms with van der Waals surface area (Å²) in [6, 6.07) is 12.9. The van der Waals surface area contributed by atoms with Gasteiger partial charge in [0, 0.05) is 9.90 Å². The normalized spacial score (nSPS) is 11.5. The van der Waals surface area contributed by atoms with Gasteiger partial charge in [0.2, 0.25) is 0 Å². The van der Waals surface area contributed by atoms with Crippen LogP contribution in [0.4, 0.5) is 5.69 Å². The molecular formula is C22H22ClN3O4S2. The summed E-state index contributed by atoms with van der Waals surface area (Å²) in [6.45, 7) is 3.27. The lowest BCUT2D eigenvalue weighted by Gasteiger charge is -2.25. The number of aryl methyl sites for hydroxylation is 2. The summed E-state index contributed by atoms with van der Waals surface area (Å²) in [4.78, 5) is 13.6. The molecule has 1 amide bonds. The molecule has 0 atom stereocenters. The van der Waals surface area contributed by atoms with Crippen LogP contribution in [0.3, 0.4) is 0 Å². The van der Waals surface area contributed by atoms with Gasteiger partial charge in [-0.2, -0.15) is 5.10 Å². The second-order valence-electron chi connectivity index (χ2n) is 6.90. The van der Waals surface area contributed by atoms with Gasteiger partial charge in [-0.25, -0.2) is 13.8 Å². The van der Waals surface area contributed by atoms with Crippen molar-refractivity contribution in [2.45, 2.75) is 18.7 Å². The number of nitrogens with one attached hydrogen (secondary N) is 1. The summed E-state index contributed by atoms with van der Waals surface area (Å²) < 4.78 is 33.2. The standard InChI is InChI=1S/C22H22ClN3O4S2/c1-15-4-7-18(8-5-15)32(28,29)26(19-12-17(23)6-9-20(19)30-3)14-22(27)25-24-13-21-16(2)10-11-31-21/h4-13H,14H2,1-3H3,(H,25,27)/b24-13-. The molecule has 0 aliphatic carbocycles. The minimum absolute atomic E-state index is 0.0376. The Bertz CT molecular complexity index is 1240. The Kier molecular flexibility index (Phi) is 7.55. The van der Waals surface area contributed by atoms with Crippen molar-refractivity contribution in [1.82, 2.24) is 5.43 Å². The molecule has 1 N–H and O–H groups in total. The summed E-state index contributed by atoms with van der Waals surface area (Å²) in [5, 5.41) is 6.17. The van der Waals surface area contributed by atoms with E-state index in [9.17, 15) is 13.2 Å². The molecule has 0 unspecified atom stereocenters. The third-order valence-electron chi connectivity index (χ3n) is 4.58. The number of hydrazone groups is 1. The molecule has 0 bridgehead atoms. The highest BCUT2D eigenvalue weighted by molar-refractivity contribution is 7.92. The Balaban J connectivity index is 1.95. The van der Waals surface area contributed by atoms with E-state index in [0.29, 0.717) is 5.02 Å². The van der Waals surface area contributed by atoms with Crippen molar-refractivity contribution in [3.63, 3.8) is 0 Å². The van der Waals surface area contributed by atoms with Crippen LogP contribution in [0.2, 0.25) is 5.02 Å². The van der Waals surface area contributed by atoms with Crippen LogP contribution in [0.1, 0.15) is 16.0 Å². The third kappa shape index (κ3) is 5.48. The van der Waals surface area contributed by atoms with Gasteiger partial charge in [-0.1, -0.05) is 29.3 Å². The van der Waals surface area contributed by atoms with Crippen molar-refractivity contribution >= 4 is 50.8 Å².